The van der Waals surface area contributed by atoms with E-state index < -0.39 is 0 Å². The first-order valence-corrected chi connectivity index (χ1v) is 3.19. The average Bonchev–Trinajstić information content (AvgIpc) is 2.12. The van der Waals surface area contributed by atoms with Crippen LogP contribution < -0.4 is 5.32 Å². The predicted molar refractivity (Wildman–Crippen MR) is 53.4 cm³/mol. The predicted octanol–water partition coefficient (Wildman–Crippen LogP) is 0.202. The van der Waals surface area contributed by atoms with Gasteiger partial charge < -0.3 is 10.4 Å². The van der Waals surface area contributed by atoms with Crippen LogP contribution in [0.25, 0.3) is 0 Å². The van der Waals surface area contributed by atoms with Crippen molar-refractivity contribution in [1.82, 2.24) is 5.32 Å². The van der Waals surface area contributed by atoms with E-state index >= 15 is 0 Å². The highest BCUT2D eigenvalue weighted by atomic mass is 32.1. The van der Waals surface area contributed by atoms with Crippen LogP contribution in [0.1, 0.15) is 13.3 Å². The fourth-order valence-electron chi connectivity index (χ4n) is 1.09. The maximum atomic E-state index is 9.01. The lowest BCUT2D eigenvalue weighted by atomic mass is 10.0. The highest BCUT2D eigenvalue weighted by Gasteiger charge is 2.18. The topological polar surface area (TPSA) is 32.3 Å². The van der Waals surface area contributed by atoms with E-state index in [0.717, 1.165) is 19.5 Å². The van der Waals surface area contributed by atoms with E-state index in [9.17, 15) is 0 Å². The summed E-state index contributed by atoms with van der Waals surface area (Å²) < 4.78 is 0. The Hall–Kier alpha value is 0.620. The molecule has 0 aromatic rings. The fourth-order valence-corrected chi connectivity index (χ4v) is 1.09. The lowest BCUT2D eigenvalue weighted by Gasteiger charge is -2.09. The van der Waals surface area contributed by atoms with E-state index in [1.165, 1.54) is 0 Å². The Labute approximate surface area is 76.3 Å². The second-order valence-electron chi connectivity index (χ2n) is 2.49. The normalized spacial score (nSPS) is 26.4. The van der Waals surface area contributed by atoms with Gasteiger partial charge in [0.15, 0.2) is 0 Å². The summed E-state index contributed by atoms with van der Waals surface area (Å²) in [5.74, 6) is 0.509. The number of aliphatic hydroxyl groups excluding tert-OH is 1. The van der Waals surface area contributed by atoms with Gasteiger partial charge in [-0.05, 0) is 25.8 Å². The molecule has 0 bridgehead atoms. The molecule has 1 fully saturated rings. The lowest BCUT2D eigenvalue weighted by molar-refractivity contribution is 0.136. The number of hydrogen-bond acceptors (Lipinski definition) is 2. The van der Waals surface area contributed by atoms with Gasteiger partial charge in [-0.3, -0.25) is 0 Å². The van der Waals surface area contributed by atoms with Gasteiger partial charge in [-0.2, -0.15) is 27.0 Å². The van der Waals surface area contributed by atoms with Crippen molar-refractivity contribution >= 4 is 27.0 Å². The van der Waals surface area contributed by atoms with Gasteiger partial charge in [0.2, 0.25) is 0 Å². The summed E-state index contributed by atoms with van der Waals surface area (Å²) in [7, 11) is 0. The molecule has 2 nitrogen and oxygen atoms in total. The van der Waals surface area contributed by atoms with Crippen molar-refractivity contribution < 1.29 is 5.11 Å². The molecule has 1 aliphatic rings. The van der Waals surface area contributed by atoms with Gasteiger partial charge in [-0.15, -0.1) is 0 Å². The Balaban J connectivity index is 0. The third-order valence-corrected chi connectivity index (χ3v) is 1.78. The molecular weight excluding hydrogens is 166 g/mol. The molecule has 1 aliphatic heterocycles. The zero-order valence-corrected chi connectivity index (χ0v) is 8.22. The monoisotopic (exact) mass is 183 g/mol. The first kappa shape index (κ1) is 13.2. The summed E-state index contributed by atoms with van der Waals surface area (Å²) in [6.45, 7) is 3.94. The Morgan fingerprint density at radius 2 is 2.10 bits per heavy atom. The molecule has 64 valence electrons. The van der Waals surface area contributed by atoms with Crippen LogP contribution in [-0.2, 0) is 0 Å². The summed E-state index contributed by atoms with van der Waals surface area (Å²) in [6.07, 6.45) is 1.02. The van der Waals surface area contributed by atoms with Crippen LogP contribution in [-0.4, -0.2) is 24.3 Å². The number of rotatable bonds is 1. The maximum absolute atomic E-state index is 9.01. The van der Waals surface area contributed by atoms with E-state index in [2.05, 4.69) is 5.32 Å². The molecule has 0 aliphatic carbocycles. The Morgan fingerprint density at radius 3 is 2.30 bits per heavy atom. The highest BCUT2D eigenvalue weighted by Crippen LogP contribution is 2.10. The Kier molecular flexibility index (Phi) is 8.38. The van der Waals surface area contributed by atoms with Crippen molar-refractivity contribution in [1.29, 1.82) is 0 Å². The van der Waals surface area contributed by atoms with Crippen LogP contribution >= 0.6 is 27.0 Å². The molecule has 4 heteroatoms. The zero-order chi connectivity index (χ0) is 5.98. The molecule has 0 amide bonds. The van der Waals surface area contributed by atoms with Crippen LogP contribution in [0.15, 0.2) is 0 Å². The molecular formula is C6H17NOS2. The van der Waals surface area contributed by atoms with Gasteiger partial charge in [0.25, 0.3) is 0 Å². The van der Waals surface area contributed by atoms with Crippen LogP contribution in [0.3, 0.4) is 0 Å². The van der Waals surface area contributed by atoms with Gasteiger partial charge in [0, 0.05) is 6.54 Å². The van der Waals surface area contributed by atoms with E-state index in [1.54, 1.807) is 0 Å². The molecule has 0 aromatic heterocycles. The molecule has 10 heavy (non-hydrogen) atoms. The fraction of sp³-hybridized carbons (Fsp3) is 1.00. The molecule has 0 saturated carbocycles. The molecule has 0 aromatic carbocycles. The lowest BCUT2D eigenvalue weighted by Crippen LogP contribution is -2.19. The van der Waals surface area contributed by atoms with Crippen molar-refractivity contribution in [3.63, 3.8) is 0 Å². The maximum Gasteiger partial charge on any atom is 0.0552 e. The first-order valence-electron chi connectivity index (χ1n) is 3.19. The smallest absolute Gasteiger partial charge is 0.0552 e. The van der Waals surface area contributed by atoms with Gasteiger partial charge in [-0.25, -0.2) is 0 Å². The minimum atomic E-state index is -0.120. The first-order chi connectivity index (χ1) is 3.80. The average molecular weight is 183 g/mol. The van der Waals surface area contributed by atoms with E-state index in [4.69, 9.17) is 5.11 Å². The van der Waals surface area contributed by atoms with Crippen LogP contribution in [0.2, 0.25) is 0 Å². The standard InChI is InChI=1S/C6H13NO.2H2S/c1-5(8)6-2-3-7-4-6;;/h5-8H,2-4H2,1H3;2*1H2/t5-,6-;;/m0../s1. The van der Waals surface area contributed by atoms with Gasteiger partial charge in [-0.1, -0.05) is 0 Å². The number of nitrogens with one attached hydrogen (secondary N) is 1. The molecule has 1 rings (SSSR count). The second kappa shape index (κ2) is 6.34. The SMILES string of the molecule is C[C@H](O)[C@H]1CCNC1.S.S. The third kappa shape index (κ3) is 3.71. The second-order valence-corrected chi connectivity index (χ2v) is 2.49. The van der Waals surface area contributed by atoms with E-state index in [-0.39, 0.29) is 33.1 Å². The molecule has 1 saturated heterocycles. The Bertz CT molecular complexity index is 74.1. The number of aliphatic hydroxyl groups is 1. The zero-order valence-electron chi connectivity index (χ0n) is 6.22. The van der Waals surface area contributed by atoms with E-state index in [1.807, 2.05) is 6.92 Å². The molecule has 0 spiro atoms. The summed E-state index contributed by atoms with van der Waals surface area (Å²) >= 11 is 0. The summed E-state index contributed by atoms with van der Waals surface area (Å²) in [5.41, 5.74) is 0. The Morgan fingerprint density at radius 1 is 1.50 bits per heavy atom. The molecule has 0 radical (unpaired) electrons. The van der Waals surface area contributed by atoms with Crippen LogP contribution in [0.5, 0.6) is 0 Å². The summed E-state index contributed by atoms with van der Waals surface area (Å²) in [6, 6.07) is 0. The van der Waals surface area contributed by atoms with Gasteiger partial charge >= 0.3 is 0 Å². The third-order valence-electron chi connectivity index (χ3n) is 1.78. The highest BCUT2D eigenvalue weighted by molar-refractivity contribution is 7.59. The minimum absolute atomic E-state index is 0. The van der Waals surface area contributed by atoms with Crippen molar-refractivity contribution in [2.45, 2.75) is 19.4 Å². The van der Waals surface area contributed by atoms with Crippen molar-refractivity contribution in [3.05, 3.63) is 0 Å². The van der Waals surface area contributed by atoms with Gasteiger partial charge in [0.05, 0.1) is 6.10 Å². The van der Waals surface area contributed by atoms with E-state index in [0.29, 0.717) is 5.92 Å². The van der Waals surface area contributed by atoms with Crippen molar-refractivity contribution in [2.24, 2.45) is 5.92 Å². The van der Waals surface area contributed by atoms with Crippen molar-refractivity contribution in [2.75, 3.05) is 13.1 Å². The van der Waals surface area contributed by atoms with Crippen LogP contribution in [0.4, 0.5) is 0 Å². The quantitative estimate of drug-likeness (QED) is 0.609. The number of hydrogen-bond donors (Lipinski definition) is 2. The van der Waals surface area contributed by atoms with Crippen LogP contribution in [0, 0.1) is 5.92 Å². The van der Waals surface area contributed by atoms with Gasteiger partial charge in [0.1, 0.15) is 0 Å². The summed E-state index contributed by atoms with van der Waals surface area (Å²) in [5, 5.41) is 12.2. The molecule has 2 N–H and O–H groups in total. The minimum Gasteiger partial charge on any atom is -0.393 e. The summed E-state index contributed by atoms with van der Waals surface area (Å²) in [4.78, 5) is 0. The van der Waals surface area contributed by atoms with Crippen molar-refractivity contribution in [3.8, 4) is 0 Å². The molecule has 0 unspecified atom stereocenters. The largest absolute Gasteiger partial charge is 0.393 e. The molecule has 2 atom stereocenters. The molecule has 1 heterocycles.